The number of carbonyl (C=O) groups excluding carboxylic acids is 2. The van der Waals surface area contributed by atoms with Gasteiger partial charge in [0, 0.05) is 24.8 Å². The lowest BCUT2D eigenvalue weighted by Crippen LogP contribution is -2.44. The maximum atomic E-state index is 13.4. The first-order chi connectivity index (χ1) is 15.6. The number of anilines is 2. The summed E-state index contributed by atoms with van der Waals surface area (Å²) in [5, 5.41) is 5.27. The van der Waals surface area contributed by atoms with E-state index in [0.717, 1.165) is 6.07 Å². The minimum absolute atomic E-state index is 0.00755. The van der Waals surface area contributed by atoms with E-state index < -0.39 is 27.9 Å². The highest BCUT2D eigenvalue weighted by molar-refractivity contribution is 7.89. The van der Waals surface area contributed by atoms with E-state index >= 15 is 0 Å². The fraction of sp³-hybridized carbons (Fsp3) is 0.364. The number of sulfonamides is 1. The molecule has 11 heteroatoms. The van der Waals surface area contributed by atoms with E-state index in [0.29, 0.717) is 29.8 Å². The lowest BCUT2D eigenvalue weighted by molar-refractivity contribution is -0.123. The number of carbonyl (C=O) groups is 2. The number of hydrogen-bond acceptors (Lipinski definition) is 5. The summed E-state index contributed by atoms with van der Waals surface area (Å²) >= 11 is 5.77. The molecule has 2 aromatic carbocycles. The van der Waals surface area contributed by atoms with Crippen LogP contribution in [-0.4, -0.2) is 43.7 Å². The summed E-state index contributed by atoms with van der Waals surface area (Å²) in [6.45, 7) is 3.50. The number of fused-ring (bicyclic) bond motifs is 1. The Balaban J connectivity index is 1.54. The fourth-order valence-corrected chi connectivity index (χ4v) is 5.88. The monoisotopic (exact) mass is 495 g/mol. The van der Waals surface area contributed by atoms with E-state index in [4.69, 9.17) is 16.3 Å². The molecule has 176 valence electrons. The number of halogens is 2. The average Bonchev–Trinajstić information content (AvgIpc) is 2.77. The Hall–Kier alpha value is -2.69. The molecular formula is C22H23ClFN3O5S. The van der Waals surface area contributed by atoms with Crippen molar-refractivity contribution in [2.24, 2.45) is 5.92 Å². The average molecular weight is 496 g/mol. The van der Waals surface area contributed by atoms with Gasteiger partial charge in [0.05, 0.1) is 21.5 Å². The van der Waals surface area contributed by atoms with Crippen LogP contribution in [-0.2, 0) is 19.6 Å². The number of benzene rings is 2. The number of nitrogens with one attached hydrogen (secondary N) is 2. The van der Waals surface area contributed by atoms with Gasteiger partial charge >= 0.3 is 0 Å². The number of amides is 2. The zero-order valence-electron chi connectivity index (χ0n) is 18.0. The van der Waals surface area contributed by atoms with Gasteiger partial charge in [-0.05, 0) is 56.5 Å². The third kappa shape index (κ3) is 4.68. The van der Waals surface area contributed by atoms with Crippen LogP contribution in [0, 0.1) is 18.7 Å². The molecule has 4 rings (SSSR count). The van der Waals surface area contributed by atoms with Crippen molar-refractivity contribution < 1.29 is 27.1 Å². The van der Waals surface area contributed by atoms with Crippen molar-refractivity contribution in [1.82, 2.24) is 4.31 Å². The van der Waals surface area contributed by atoms with Gasteiger partial charge in [0.15, 0.2) is 6.10 Å². The maximum absolute atomic E-state index is 13.4. The highest BCUT2D eigenvalue weighted by Crippen LogP contribution is 2.36. The summed E-state index contributed by atoms with van der Waals surface area (Å²) in [6.07, 6.45) is 0.288. The number of ether oxygens (including phenoxy) is 1. The second-order valence-corrected chi connectivity index (χ2v) is 10.5. The highest BCUT2D eigenvalue weighted by atomic mass is 35.5. The van der Waals surface area contributed by atoms with Gasteiger partial charge in [-0.2, -0.15) is 4.31 Å². The normalized spacial score (nSPS) is 21.0. The first-order valence-corrected chi connectivity index (χ1v) is 12.3. The molecule has 2 aliphatic heterocycles. The second kappa shape index (κ2) is 8.92. The van der Waals surface area contributed by atoms with Crippen molar-refractivity contribution >= 4 is 44.8 Å². The third-order valence-corrected chi connectivity index (χ3v) is 8.06. The standard InChI is InChI=1S/C22H23ClFN3O5S/c1-12-8-18-19(32-13(2)21(28)26-18)10-20(12)33(30,31)27-7-3-4-14(11-27)22(29)25-15-5-6-17(24)16(23)9-15/h5-6,8-10,13-14H,3-4,7,11H2,1-2H3,(H,25,29)(H,26,28)/t13-,14+/m1/s1. The van der Waals surface area contributed by atoms with Gasteiger partial charge in [-0.1, -0.05) is 11.6 Å². The molecule has 0 bridgehead atoms. The van der Waals surface area contributed by atoms with Crippen molar-refractivity contribution in [2.75, 3.05) is 23.7 Å². The predicted molar refractivity (Wildman–Crippen MR) is 121 cm³/mol. The van der Waals surface area contributed by atoms with Gasteiger partial charge in [0.25, 0.3) is 5.91 Å². The quantitative estimate of drug-likeness (QED) is 0.675. The number of piperidine rings is 1. The van der Waals surface area contributed by atoms with Gasteiger partial charge < -0.3 is 15.4 Å². The maximum Gasteiger partial charge on any atom is 0.265 e. The fourth-order valence-electron chi connectivity index (χ4n) is 3.95. The highest BCUT2D eigenvalue weighted by Gasteiger charge is 2.35. The van der Waals surface area contributed by atoms with E-state index in [-0.39, 0.29) is 40.6 Å². The van der Waals surface area contributed by atoms with Crippen LogP contribution < -0.4 is 15.4 Å². The SMILES string of the molecule is Cc1cc2c(cc1S(=O)(=O)N1CCC[C@H](C(=O)Nc3ccc(F)c(Cl)c3)C1)O[C@H](C)C(=O)N2. The van der Waals surface area contributed by atoms with Gasteiger partial charge in [0.1, 0.15) is 11.6 Å². The minimum Gasteiger partial charge on any atom is -0.479 e. The molecule has 1 saturated heterocycles. The Bertz CT molecular complexity index is 1240. The first kappa shape index (κ1) is 23.5. The summed E-state index contributed by atoms with van der Waals surface area (Å²) in [6, 6.07) is 6.84. The van der Waals surface area contributed by atoms with Gasteiger partial charge in [0.2, 0.25) is 15.9 Å². The van der Waals surface area contributed by atoms with Crippen LogP contribution in [0.3, 0.4) is 0 Å². The lowest BCUT2D eigenvalue weighted by atomic mass is 9.99. The van der Waals surface area contributed by atoms with Crippen LogP contribution in [0.2, 0.25) is 5.02 Å². The van der Waals surface area contributed by atoms with Crippen molar-refractivity contribution in [3.8, 4) is 5.75 Å². The number of rotatable bonds is 4. The summed E-state index contributed by atoms with van der Waals surface area (Å²) < 4.78 is 47.1. The van der Waals surface area contributed by atoms with E-state index in [9.17, 15) is 22.4 Å². The molecule has 0 unspecified atom stereocenters. The van der Waals surface area contributed by atoms with Crippen LogP contribution in [0.25, 0.3) is 0 Å². The van der Waals surface area contributed by atoms with Crippen molar-refractivity contribution in [2.45, 2.75) is 37.7 Å². The zero-order chi connectivity index (χ0) is 23.9. The van der Waals surface area contributed by atoms with Gasteiger partial charge in [-0.25, -0.2) is 12.8 Å². The molecule has 0 radical (unpaired) electrons. The van der Waals surface area contributed by atoms with Crippen molar-refractivity contribution in [1.29, 1.82) is 0 Å². The minimum atomic E-state index is -3.92. The molecular weight excluding hydrogens is 473 g/mol. The summed E-state index contributed by atoms with van der Waals surface area (Å²) in [5.74, 6) is -1.55. The van der Waals surface area contributed by atoms with E-state index in [2.05, 4.69) is 10.6 Å². The Morgan fingerprint density at radius 1 is 1.30 bits per heavy atom. The molecule has 0 aliphatic carbocycles. The Kier molecular flexibility index (Phi) is 6.35. The molecule has 2 heterocycles. The first-order valence-electron chi connectivity index (χ1n) is 10.4. The van der Waals surface area contributed by atoms with Crippen LogP contribution in [0.15, 0.2) is 35.2 Å². The van der Waals surface area contributed by atoms with E-state index in [1.165, 1.54) is 22.5 Å². The molecule has 2 amide bonds. The molecule has 1 fully saturated rings. The van der Waals surface area contributed by atoms with Gasteiger partial charge in [-0.15, -0.1) is 0 Å². The van der Waals surface area contributed by atoms with E-state index in [1.807, 2.05) is 0 Å². The molecule has 8 nitrogen and oxygen atoms in total. The zero-order valence-corrected chi connectivity index (χ0v) is 19.6. The van der Waals surface area contributed by atoms with Crippen LogP contribution in [0.1, 0.15) is 25.3 Å². The molecule has 2 N–H and O–H groups in total. The molecule has 2 aliphatic rings. The van der Waals surface area contributed by atoms with Gasteiger partial charge in [-0.3, -0.25) is 9.59 Å². The molecule has 0 saturated carbocycles. The van der Waals surface area contributed by atoms with Crippen molar-refractivity contribution in [3.63, 3.8) is 0 Å². The molecule has 0 aromatic heterocycles. The molecule has 2 aromatic rings. The predicted octanol–water partition coefficient (Wildman–Crippen LogP) is 3.55. The number of nitrogens with zero attached hydrogens (tertiary/aromatic N) is 1. The summed E-state index contributed by atoms with van der Waals surface area (Å²) in [5.41, 5.74) is 1.22. The Morgan fingerprint density at radius 3 is 2.79 bits per heavy atom. The van der Waals surface area contributed by atoms with E-state index in [1.54, 1.807) is 19.9 Å². The Labute approximate surface area is 196 Å². The third-order valence-electron chi connectivity index (χ3n) is 5.77. The second-order valence-electron chi connectivity index (χ2n) is 8.18. The molecule has 2 atom stereocenters. The largest absolute Gasteiger partial charge is 0.479 e. The van der Waals surface area contributed by atoms with Crippen LogP contribution >= 0.6 is 11.6 Å². The summed E-state index contributed by atoms with van der Waals surface area (Å²) in [7, 11) is -3.92. The van der Waals surface area contributed by atoms with Crippen molar-refractivity contribution in [3.05, 3.63) is 46.7 Å². The topological polar surface area (TPSA) is 105 Å². The molecule has 0 spiro atoms. The number of hydrogen-bond donors (Lipinski definition) is 2. The lowest BCUT2D eigenvalue weighted by Gasteiger charge is -2.32. The summed E-state index contributed by atoms with van der Waals surface area (Å²) in [4.78, 5) is 24.7. The van der Waals surface area contributed by atoms with Crippen LogP contribution in [0.5, 0.6) is 5.75 Å². The Morgan fingerprint density at radius 2 is 2.06 bits per heavy atom. The smallest absolute Gasteiger partial charge is 0.265 e. The molecule has 33 heavy (non-hydrogen) atoms. The number of aryl methyl sites for hydroxylation is 1. The van der Waals surface area contributed by atoms with Crippen LogP contribution in [0.4, 0.5) is 15.8 Å².